The molecular weight excluding hydrogens is 309 g/mol. The van der Waals surface area contributed by atoms with Gasteiger partial charge in [0.25, 0.3) is 0 Å². The molecule has 1 saturated heterocycles. The van der Waals surface area contributed by atoms with Gasteiger partial charge in [-0.05, 0) is 31.9 Å². The molecule has 1 aromatic carbocycles. The highest BCUT2D eigenvalue weighted by atomic mass is 19.1. The number of nitrogens with zero attached hydrogens (tertiary/aromatic N) is 1. The van der Waals surface area contributed by atoms with E-state index in [0.29, 0.717) is 30.9 Å². The van der Waals surface area contributed by atoms with Gasteiger partial charge in [0, 0.05) is 37.8 Å². The van der Waals surface area contributed by atoms with Gasteiger partial charge in [-0.15, -0.1) is 0 Å². The summed E-state index contributed by atoms with van der Waals surface area (Å²) in [6.07, 6.45) is 2.07. The maximum Gasteiger partial charge on any atom is 0.246 e. The SMILES string of the molecule is C=CC(=O)N(Cc1cccc(C)c1F)CC(OCC)C1CCOC1. The van der Waals surface area contributed by atoms with Crippen molar-refractivity contribution < 1.29 is 18.7 Å². The lowest BCUT2D eigenvalue weighted by Crippen LogP contribution is -2.41. The lowest BCUT2D eigenvalue weighted by atomic mass is 10.0. The second-order valence-electron chi connectivity index (χ2n) is 6.09. The zero-order valence-electron chi connectivity index (χ0n) is 14.5. The summed E-state index contributed by atoms with van der Waals surface area (Å²) in [7, 11) is 0. The third-order valence-electron chi connectivity index (χ3n) is 4.39. The second-order valence-corrected chi connectivity index (χ2v) is 6.09. The van der Waals surface area contributed by atoms with Gasteiger partial charge < -0.3 is 14.4 Å². The van der Waals surface area contributed by atoms with E-state index < -0.39 is 0 Å². The number of hydrogen-bond acceptors (Lipinski definition) is 3. The Morgan fingerprint density at radius 3 is 3.00 bits per heavy atom. The highest BCUT2D eigenvalue weighted by molar-refractivity contribution is 5.87. The minimum absolute atomic E-state index is 0.116. The fourth-order valence-corrected chi connectivity index (χ4v) is 3.01. The van der Waals surface area contributed by atoms with Gasteiger partial charge in [-0.25, -0.2) is 4.39 Å². The van der Waals surface area contributed by atoms with Crippen molar-refractivity contribution in [3.05, 3.63) is 47.8 Å². The number of carbonyl (C=O) groups excluding carboxylic acids is 1. The van der Waals surface area contributed by atoms with Crippen molar-refractivity contribution in [3.63, 3.8) is 0 Å². The normalized spacial score (nSPS) is 18.4. The summed E-state index contributed by atoms with van der Waals surface area (Å²) in [6, 6.07) is 5.23. The van der Waals surface area contributed by atoms with Gasteiger partial charge in [0.2, 0.25) is 5.91 Å². The minimum Gasteiger partial charge on any atom is -0.381 e. The van der Waals surface area contributed by atoms with Crippen LogP contribution in [0.5, 0.6) is 0 Å². The lowest BCUT2D eigenvalue weighted by Gasteiger charge is -2.30. The Morgan fingerprint density at radius 1 is 1.58 bits per heavy atom. The van der Waals surface area contributed by atoms with Gasteiger partial charge in [-0.3, -0.25) is 4.79 Å². The molecule has 5 heteroatoms. The maximum atomic E-state index is 14.3. The largest absolute Gasteiger partial charge is 0.381 e. The van der Waals surface area contributed by atoms with Crippen LogP contribution in [0.2, 0.25) is 0 Å². The van der Waals surface area contributed by atoms with Crippen LogP contribution in [-0.2, 0) is 20.8 Å². The van der Waals surface area contributed by atoms with E-state index >= 15 is 0 Å². The van der Waals surface area contributed by atoms with Crippen molar-refractivity contribution in [2.24, 2.45) is 5.92 Å². The Hall–Kier alpha value is -1.72. The van der Waals surface area contributed by atoms with Crippen LogP contribution in [-0.4, -0.2) is 43.3 Å². The molecule has 0 aliphatic carbocycles. The fraction of sp³-hybridized carbons (Fsp3) is 0.526. The first-order valence-corrected chi connectivity index (χ1v) is 8.41. The third kappa shape index (κ3) is 4.65. The number of rotatable bonds is 8. The Labute approximate surface area is 143 Å². The van der Waals surface area contributed by atoms with Crippen LogP contribution < -0.4 is 0 Å². The molecule has 0 bridgehead atoms. The van der Waals surface area contributed by atoms with Crippen LogP contribution in [0.25, 0.3) is 0 Å². The number of halogens is 1. The van der Waals surface area contributed by atoms with Crippen LogP contribution in [0.4, 0.5) is 4.39 Å². The molecule has 1 aliphatic heterocycles. The quantitative estimate of drug-likeness (QED) is 0.685. The van der Waals surface area contributed by atoms with Gasteiger partial charge in [0.1, 0.15) is 5.82 Å². The van der Waals surface area contributed by atoms with Gasteiger partial charge >= 0.3 is 0 Å². The summed E-state index contributed by atoms with van der Waals surface area (Å²) in [4.78, 5) is 13.9. The number of aryl methyl sites for hydroxylation is 1. The summed E-state index contributed by atoms with van der Waals surface area (Å²) >= 11 is 0. The standard InChI is InChI=1S/C19H26FNO3/c1-4-18(22)21(11-15-8-6-7-14(3)19(15)20)12-17(24-5-2)16-9-10-23-13-16/h4,6-8,16-17H,1,5,9-13H2,2-3H3. The van der Waals surface area contributed by atoms with Gasteiger partial charge in [0.15, 0.2) is 0 Å². The molecule has 0 N–H and O–H groups in total. The first-order valence-electron chi connectivity index (χ1n) is 8.41. The zero-order chi connectivity index (χ0) is 17.5. The third-order valence-corrected chi connectivity index (χ3v) is 4.39. The molecule has 2 rings (SSSR count). The van der Waals surface area contributed by atoms with Crippen LogP contribution in [0, 0.1) is 18.7 Å². The second kappa shape index (κ2) is 8.94. The first-order chi connectivity index (χ1) is 11.6. The van der Waals surface area contributed by atoms with Gasteiger partial charge in [-0.2, -0.15) is 0 Å². The topological polar surface area (TPSA) is 38.8 Å². The van der Waals surface area contributed by atoms with E-state index in [-0.39, 0.29) is 30.3 Å². The summed E-state index contributed by atoms with van der Waals surface area (Å²) in [5.74, 6) is -0.233. The molecule has 4 nitrogen and oxygen atoms in total. The molecule has 0 saturated carbocycles. The molecule has 0 aromatic heterocycles. The Kier molecular flexibility index (Phi) is 6.94. The number of hydrogen-bond donors (Lipinski definition) is 0. The summed E-state index contributed by atoms with van der Waals surface area (Å²) in [5.41, 5.74) is 1.08. The number of ether oxygens (including phenoxy) is 2. The molecule has 1 fully saturated rings. The number of benzene rings is 1. The van der Waals surface area contributed by atoms with Crippen molar-refractivity contribution in [3.8, 4) is 0 Å². The summed E-state index contributed by atoms with van der Waals surface area (Å²) in [6.45, 7) is 9.75. The Balaban J connectivity index is 2.15. The smallest absolute Gasteiger partial charge is 0.246 e. The molecule has 1 aliphatic rings. The first kappa shape index (κ1) is 18.6. The average molecular weight is 335 g/mol. The van der Waals surface area contributed by atoms with Crippen molar-refractivity contribution in [2.75, 3.05) is 26.4 Å². The van der Waals surface area contributed by atoms with E-state index in [2.05, 4.69) is 6.58 Å². The van der Waals surface area contributed by atoms with E-state index in [9.17, 15) is 9.18 Å². The molecular formula is C19H26FNO3. The Morgan fingerprint density at radius 2 is 2.38 bits per heavy atom. The molecule has 132 valence electrons. The maximum absolute atomic E-state index is 14.3. The molecule has 2 atom stereocenters. The van der Waals surface area contributed by atoms with Crippen LogP contribution in [0.1, 0.15) is 24.5 Å². The van der Waals surface area contributed by atoms with Crippen molar-refractivity contribution in [2.45, 2.75) is 32.9 Å². The lowest BCUT2D eigenvalue weighted by molar-refractivity contribution is -0.129. The predicted octanol–water partition coefficient (Wildman–Crippen LogP) is 3.09. The van der Waals surface area contributed by atoms with E-state index in [1.54, 1.807) is 30.0 Å². The van der Waals surface area contributed by atoms with Crippen molar-refractivity contribution >= 4 is 5.91 Å². The van der Waals surface area contributed by atoms with Crippen LogP contribution in [0.3, 0.4) is 0 Å². The predicted molar refractivity (Wildman–Crippen MR) is 91.1 cm³/mol. The monoisotopic (exact) mass is 335 g/mol. The summed E-state index contributed by atoms with van der Waals surface area (Å²) in [5, 5.41) is 0. The van der Waals surface area contributed by atoms with E-state index in [1.165, 1.54) is 6.08 Å². The number of carbonyl (C=O) groups is 1. The van der Waals surface area contributed by atoms with E-state index in [0.717, 1.165) is 13.0 Å². The molecule has 1 amide bonds. The molecule has 24 heavy (non-hydrogen) atoms. The highest BCUT2D eigenvalue weighted by Crippen LogP contribution is 2.22. The van der Waals surface area contributed by atoms with E-state index in [4.69, 9.17) is 9.47 Å². The molecule has 0 radical (unpaired) electrons. The summed E-state index contributed by atoms with van der Waals surface area (Å²) < 4.78 is 25.6. The molecule has 1 heterocycles. The molecule has 0 spiro atoms. The zero-order valence-corrected chi connectivity index (χ0v) is 14.5. The molecule has 1 aromatic rings. The Bertz CT molecular complexity index is 570. The minimum atomic E-state index is -0.267. The average Bonchev–Trinajstić information content (AvgIpc) is 3.11. The van der Waals surface area contributed by atoms with Crippen molar-refractivity contribution in [1.29, 1.82) is 0 Å². The van der Waals surface area contributed by atoms with Crippen LogP contribution in [0.15, 0.2) is 30.9 Å². The van der Waals surface area contributed by atoms with E-state index in [1.807, 2.05) is 6.92 Å². The van der Waals surface area contributed by atoms with Crippen LogP contribution >= 0.6 is 0 Å². The van der Waals surface area contributed by atoms with Crippen molar-refractivity contribution in [1.82, 2.24) is 4.90 Å². The fourth-order valence-electron chi connectivity index (χ4n) is 3.01. The van der Waals surface area contributed by atoms with Gasteiger partial charge in [0.05, 0.1) is 12.7 Å². The highest BCUT2D eigenvalue weighted by Gasteiger charge is 2.29. The van der Waals surface area contributed by atoms with Gasteiger partial charge in [-0.1, -0.05) is 24.8 Å². The molecule has 2 unspecified atom stereocenters. The number of amides is 1.